The van der Waals surface area contributed by atoms with Crippen LogP contribution in [0.25, 0.3) is 0 Å². The Morgan fingerprint density at radius 2 is 1.56 bits per heavy atom. The predicted octanol–water partition coefficient (Wildman–Crippen LogP) is 1.76. The van der Waals surface area contributed by atoms with Crippen molar-refractivity contribution in [3.05, 3.63) is 0 Å². The van der Waals surface area contributed by atoms with Gasteiger partial charge >= 0.3 is 0 Å². The number of nitrogens with one attached hydrogen (secondary N) is 1. The molecular weight excluding hydrogens is 248 g/mol. The fourth-order valence-corrected chi connectivity index (χ4v) is 4.84. The highest BCUT2D eigenvalue weighted by Gasteiger charge is 2.29. The Labute approximate surface area is 111 Å². The van der Waals surface area contributed by atoms with E-state index in [1.165, 1.54) is 19.3 Å². The second-order valence-electron chi connectivity index (χ2n) is 5.86. The van der Waals surface area contributed by atoms with Crippen molar-refractivity contribution in [1.29, 1.82) is 0 Å². The van der Waals surface area contributed by atoms with Gasteiger partial charge in [-0.2, -0.15) is 0 Å². The third kappa shape index (κ3) is 3.68. The Morgan fingerprint density at radius 3 is 2.22 bits per heavy atom. The molecule has 0 amide bonds. The molecule has 2 rings (SSSR count). The zero-order chi connectivity index (χ0) is 13.0. The first-order chi connectivity index (χ1) is 8.59. The van der Waals surface area contributed by atoms with E-state index in [1.807, 2.05) is 0 Å². The lowest BCUT2D eigenvalue weighted by Crippen LogP contribution is -2.43. The van der Waals surface area contributed by atoms with E-state index in [0.717, 1.165) is 38.5 Å². The SMILES string of the molecule is NC1CCCCC1CNS(=O)(=O)C1CCCCC1. The molecule has 0 radical (unpaired) electrons. The number of nitrogens with two attached hydrogens (primary N) is 1. The summed E-state index contributed by atoms with van der Waals surface area (Å²) < 4.78 is 27.2. The predicted molar refractivity (Wildman–Crippen MR) is 73.7 cm³/mol. The molecular formula is C13H26N2O2S. The van der Waals surface area contributed by atoms with E-state index >= 15 is 0 Å². The summed E-state index contributed by atoms with van der Waals surface area (Å²) in [6, 6.07) is 0.174. The molecule has 2 aliphatic carbocycles. The van der Waals surface area contributed by atoms with Gasteiger partial charge in [-0.05, 0) is 31.6 Å². The normalized spacial score (nSPS) is 31.4. The molecule has 18 heavy (non-hydrogen) atoms. The van der Waals surface area contributed by atoms with Crippen LogP contribution in [0.4, 0.5) is 0 Å². The zero-order valence-electron chi connectivity index (χ0n) is 11.1. The molecule has 4 nitrogen and oxygen atoms in total. The van der Waals surface area contributed by atoms with Crippen molar-refractivity contribution in [3.63, 3.8) is 0 Å². The van der Waals surface area contributed by atoms with Gasteiger partial charge in [0.15, 0.2) is 0 Å². The van der Waals surface area contributed by atoms with E-state index in [0.29, 0.717) is 12.5 Å². The van der Waals surface area contributed by atoms with Gasteiger partial charge in [0.25, 0.3) is 0 Å². The Morgan fingerprint density at radius 1 is 0.944 bits per heavy atom. The Bertz CT molecular complexity index is 350. The van der Waals surface area contributed by atoms with Crippen LogP contribution in [0.3, 0.4) is 0 Å². The molecule has 2 fully saturated rings. The van der Waals surface area contributed by atoms with Crippen LogP contribution in [0, 0.1) is 5.92 Å². The summed E-state index contributed by atoms with van der Waals surface area (Å²) in [7, 11) is -3.11. The largest absolute Gasteiger partial charge is 0.327 e. The quantitative estimate of drug-likeness (QED) is 0.820. The van der Waals surface area contributed by atoms with Gasteiger partial charge in [0.2, 0.25) is 10.0 Å². The average Bonchev–Trinajstić information content (AvgIpc) is 2.39. The van der Waals surface area contributed by atoms with Gasteiger partial charge < -0.3 is 5.73 Å². The van der Waals surface area contributed by atoms with Gasteiger partial charge in [-0.15, -0.1) is 0 Å². The summed E-state index contributed by atoms with van der Waals surface area (Å²) in [5.41, 5.74) is 6.05. The lowest BCUT2D eigenvalue weighted by molar-refractivity contribution is 0.307. The van der Waals surface area contributed by atoms with Crippen LogP contribution in [-0.2, 0) is 10.0 Å². The summed E-state index contributed by atoms with van der Waals surface area (Å²) >= 11 is 0. The molecule has 0 saturated heterocycles. The molecule has 0 heterocycles. The second-order valence-corrected chi connectivity index (χ2v) is 7.91. The van der Waals surface area contributed by atoms with Crippen LogP contribution in [0.5, 0.6) is 0 Å². The lowest BCUT2D eigenvalue weighted by Gasteiger charge is -2.29. The van der Waals surface area contributed by atoms with Crippen LogP contribution in [0.15, 0.2) is 0 Å². The maximum absolute atomic E-state index is 12.2. The molecule has 2 aliphatic rings. The van der Waals surface area contributed by atoms with Crippen LogP contribution in [0.2, 0.25) is 0 Å². The third-order valence-electron chi connectivity index (χ3n) is 4.51. The zero-order valence-corrected chi connectivity index (χ0v) is 11.9. The molecule has 2 unspecified atom stereocenters. The molecule has 0 aromatic heterocycles. The van der Waals surface area contributed by atoms with Crippen molar-refractivity contribution in [2.24, 2.45) is 11.7 Å². The van der Waals surface area contributed by atoms with Crippen molar-refractivity contribution in [2.75, 3.05) is 6.54 Å². The highest BCUT2D eigenvalue weighted by Crippen LogP contribution is 2.25. The molecule has 0 aromatic rings. The number of sulfonamides is 1. The van der Waals surface area contributed by atoms with Gasteiger partial charge in [-0.25, -0.2) is 13.1 Å². The van der Waals surface area contributed by atoms with Gasteiger partial charge in [-0.3, -0.25) is 0 Å². The van der Waals surface area contributed by atoms with E-state index < -0.39 is 10.0 Å². The fraction of sp³-hybridized carbons (Fsp3) is 1.00. The van der Waals surface area contributed by atoms with E-state index in [4.69, 9.17) is 5.73 Å². The summed E-state index contributed by atoms with van der Waals surface area (Å²) in [5, 5.41) is -0.161. The smallest absolute Gasteiger partial charge is 0.214 e. The standard InChI is InChI=1S/C13H26N2O2S/c14-13-9-5-4-6-11(13)10-15-18(16,17)12-7-2-1-3-8-12/h11-13,15H,1-10,14H2. The number of rotatable bonds is 4. The minimum Gasteiger partial charge on any atom is -0.327 e. The van der Waals surface area contributed by atoms with Crippen molar-refractivity contribution in [1.82, 2.24) is 4.72 Å². The molecule has 5 heteroatoms. The minimum atomic E-state index is -3.11. The van der Waals surface area contributed by atoms with Crippen LogP contribution < -0.4 is 10.5 Å². The van der Waals surface area contributed by atoms with E-state index in [1.54, 1.807) is 0 Å². The number of hydrogen-bond acceptors (Lipinski definition) is 3. The fourth-order valence-electron chi connectivity index (χ4n) is 3.21. The molecule has 0 aliphatic heterocycles. The molecule has 106 valence electrons. The first-order valence-electron chi connectivity index (χ1n) is 7.33. The van der Waals surface area contributed by atoms with Crippen molar-refractivity contribution in [3.8, 4) is 0 Å². The molecule has 3 N–H and O–H groups in total. The molecule has 0 bridgehead atoms. The van der Waals surface area contributed by atoms with E-state index in [2.05, 4.69) is 4.72 Å². The lowest BCUT2D eigenvalue weighted by atomic mass is 9.85. The van der Waals surface area contributed by atoms with Crippen molar-refractivity contribution in [2.45, 2.75) is 69.1 Å². The number of hydrogen-bond donors (Lipinski definition) is 2. The van der Waals surface area contributed by atoms with E-state index in [9.17, 15) is 8.42 Å². The summed E-state index contributed by atoms with van der Waals surface area (Å²) in [6.45, 7) is 0.542. The molecule has 2 saturated carbocycles. The molecule has 0 spiro atoms. The summed E-state index contributed by atoms with van der Waals surface area (Å²) in [4.78, 5) is 0. The summed E-state index contributed by atoms with van der Waals surface area (Å²) in [6.07, 6.45) is 9.40. The van der Waals surface area contributed by atoms with Gasteiger partial charge in [-0.1, -0.05) is 32.1 Å². The van der Waals surface area contributed by atoms with Crippen LogP contribution in [0.1, 0.15) is 57.8 Å². The first kappa shape index (κ1) is 14.3. The van der Waals surface area contributed by atoms with Crippen LogP contribution in [-0.4, -0.2) is 26.3 Å². The van der Waals surface area contributed by atoms with Gasteiger partial charge in [0, 0.05) is 12.6 Å². The topological polar surface area (TPSA) is 72.2 Å². The van der Waals surface area contributed by atoms with Crippen molar-refractivity contribution >= 4 is 10.0 Å². The van der Waals surface area contributed by atoms with E-state index in [-0.39, 0.29) is 11.3 Å². The van der Waals surface area contributed by atoms with Gasteiger partial charge in [0.05, 0.1) is 5.25 Å². The van der Waals surface area contributed by atoms with Crippen LogP contribution >= 0.6 is 0 Å². The Kier molecular flexibility index (Phi) is 5.04. The minimum absolute atomic E-state index is 0.161. The monoisotopic (exact) mass is 274 g/mol. The average molecular weight is 274 g/mol. The maximum Gasteiger partial charge on any atom is 0.214 e. The van der Waals surface area contributed by atoms with Crippen molar-refractivity contribution < 1.29 is 8.42 Å². The molecule has 0 aromatic carbocycles. The highest BCUT2D eigenvalue weighted by atomic mass is 32.2. The molecule has 2 atom stereocenters. The Hall–Kier alpha value is -0.130. The second kappa shape index (κ2) is 6.35. The third-order valence-corrected chi connectivity index (χ3v) is 6.42. The maximum atomic E-state index is 12.2. The first-order valence-corrected chi connectivity index (χ1v) is 8.88. The van der Waals surface area contributed by atoms with Gasteiger partial charge in [0.1, 0.15) is 0 Å². The Balaban J connectivity index is 1.84. The summed E-state index contributed by atoms with van der Waals surface area (Å²) in [5.74, 6) is 0.331. The highest BCUT2D eigenvalue weighted by molar-refractivity contribution is 7.90.